The van der Waals surface area contributed by atoms with E-state index in [1.165, 1.54) is 10.6 Å². The lowest BCUT2D eigenvalue weighted by molar-refractivity contribution is 0.104. The Morgan fingerprint density at radius 2 is 1.72 bits per heavy atom. The van der Waals surface area contributed by atoms with Crippen molar-refractivity contribution in [1.82, 2.24) is 4.90 Å². The van der Waals surface area contributed by atoms with Gasteiger partial charge >= 0.3 is 0 Å². The van der Waals surface area contributed by atoms with Crippen molar-refractivity contribution in [2.24, 2.45) is 17.8 Å². The van der Waals surface area contributed by atoms with Crippen LogP contribution in [0.4, 0.5) is 5.69 Å². The second-order valence-corrected chi connectivity index (χ2v) is 13.4. The summed E-state index contributed by atoms with van der Waals surface area (Å²) in [6.45, 7) is 5.55. The van der Waals surface area contributed by atoms with E-state index in [0.717, 1.165) is 76.3 Å². The van der Waals surface area contributed by atoms with Crippen molar-refractivity contribution in [3.05, 3.63) is 60.2 Å². The number of nitrogens with zero attached hydrogens (tertiary/aromatic N) is 3. The standard InChI is InChI=1S/C30H39N3OS2/c1-35-27-13-11-26(12-14-27)33-20-23(21-33)19-32-17-15-25(16-18-32)30(22-31,24-7-4-3-5-8-24)28-9-6-10-29(28)36(2)34/h3-5,7-8,11-14,23,25,28-29H,6,9-10,15-21H2,1-2H3. The van der Waals surface area contributed by atoms with Crippen LogP contribution in [0.15, 0.2) is 59.5 Å². The monoisotopic (exact) mass is 521 g/mol. The molecule has 1 saturated carbocycles. The third-order valence-electron chi connectivity index (χ3n) is 9.04. The van der Waals surface area contributed by atoms with Gasteiger partial charge in [-0.05, 0) is 86.7 Å². The van der Waals surface area contributed by atoms with Gasteiger partial charge in [-0.3, -0.25) is 4.21 Å². The van der Waals surface area contributed by atoms with Gasteiger partial charge in [0, 0.05) is 58.4 Å². The molecule has 3 aliphatic rings. The van der Waals surface area contributed by atoms with Crippen LogP contribution in [0.5, 0.6) is 0 Å². The average Bonchev–Trinajstić information content (AvgIpc) is 3.39. The molecular weight excluding hydrogens is 482 g/mol. The molecule has 6 heteroatoms. The fourth-order valence-corrected chi connectivity index (χ4v) is 8.89. The van der Waals surface area contributed by atoms with Crippen LogP contribution in [0, 0.1) is 29.1 Å². The molecule has 2 heterocycles. The third kappa shape index (κ3) is 4.99. The first-order valence-electron chi connectivity index (χ1n) is 13.5. The van der Waals surface area contributed by atoms with E-state index in [0.29, 0.717) is 5.92 Å². The summed E-state index contributed by atoms with van der Waals surface area (Å²) in [5, 5.41) is 10.9. The lowest BCUT2D eigenvalue weighted by Gasteiger charge is -2.48. The number of hydrogen-bond acceptors (Lipinski definition) is 5. The molecule has 2 aliphatic heterocycles. The number of likely N-dealkylation sites (tertiary alicyclic amines) is 1. The van der Waals surface area contributed by atoms with Crippen molar-refractivity contribution in [3.8, 4) is 6.07 Å². The minimum absolute atomic E-state index is 0.133. The van der Waals surface area contributed by atoms with Gasteiger partial charge in [-0.2, -0.15) is 5.26 Å². The lowest BCUT2D eigenvalue weighted by Crippen LogP contribution is -2.54. The zero-order chi connectivity index (χ0) is 25.1. The molecule has 0 N–H and O–H groups in total. The second-order valence-electron chi connectivity index (χ2n) is 11.0. The molecule has 192 valence electrons. The zero-order valence-corrected chi connectivity index (χ0v) is 23.3. The van der Waals surface area contributed by atoms with E-state index < -0.39 is 16.2 Å². The molecule has 5 rings (SSSR count). The van der Waals surface area contributed by atoms with E-state index in [-0.39, 0.29) is 11.2 Å². The first-order valence-corrected chi connectivity index (χ1v) is 16.3. The second kappa shape index (κ2) is 11.3. The van der Waals surface area contributed by atoms with Gasteiger partial charge in [0.25, 0.3) is 0 Å². The number of benzene rings is 2. The van der Waals surface area contributed by atoms with Crippen LogP contribution in [0.25, 0.3) is 0 Å². The molecule has 0 bridgehead atoms. The number of piperidine rings is 1. The topological polar surface area (TPSA) is 47.3 Å². The highest BCUT2D eigenvalue weighted by Gasteiger charge is 2.53. The Labute approximate surface area is 223 Å². The molecule has 0 amide bonds. The van der Waals surface area contributed by atoms with E-state index >= 15 is 0 Å². The molecule has 4 unspecified atom stereocenters. The van der Waals surface area contributed by atoms with Crippen LogP contribution < -0.4 is 4.90 Å². The van der Waals surface area contributed by atoms with E-state index in [9.17, 15) is 9.47 Å². The highest BCUT2D eigenvalue weighted by molar-refractivity contribution is 7.98. The van der Waals surface area contributed by atoms with Crippen LogP contribution in [0.2, 0.25) is 0 Å². The van der Waals surface area contributed by atoms with Gasteiger partial charge in [0.1, 0.15) is 0 Å². The van der Waals surface area contributed by atoms with E-state index in [2.05, 4.69) is 70.7 Å². The van der Waals surface area contributed by atoms with Crippen molar-refractivity contribution in [1.29, 1.82) is 5.26 Å². The Hall–Kier alpha value is -1.81. The molecule has 36 heavy (non-hydrogen) atoms. The molecule has 4 nitrogen and oxygen atoms in total. The Bertz CT molecular complexity index is 1070. The molecule has 0 radical (unpaired) electrons. The largest absolute Gasteiger partial charge is 0.371 e. The summed E-state index contributed by atoms with van der Waals surface area (Å²) in [6, 6.07) is 22.3. The first kappa shape index (κ1) is 25.8. The maximum absolute atomic E-state index is 12.7. The summed E-state index contributed by atoms with van der Waals surface area (Å²) < 4.78 is 12.7. The summed E-state index contributed by atoms with van der Waals surface area (Å²) >= 11 is 1.79. The molecule has 0 spiro atoms. The number of rotatable bonds is 8. The van der Waals surface area contributed by atoms with Crippen molar-refractivity contribution in [2.45, 2.75) is 47.7 Å². The highest BCUT2D eigenvalue weighted by Crippen LogP contribution is 2.51. The Morgan fingerprint density at radius 3 is 2.33 bits per heavy atom. The number of nitriles is 1. The van der Waals surface area contributed by atoms with Gasteiger partial charge in [0.15, 0.2) is 0 Å². The van der Waals surface area contributed by atoms with Crippen LogP contribution in [0.1, 0.15) is 37.7 Å². The van der Waals surface area contributed by atoms with Crippen LogP contribution in [0.3, 0.4) is 0 Å². The van der Waals surface area contributed by atoms with Crippen molar-refractivity contribution >= 4 is 28.2 Å². The van der Waals surface area contributed by atoms with Crippen molar-refractivity contribution < 1.29 is 4.21 Å². The summed E-state index contributed by atoms with van der Waals surface area (Å²) in [4.78, 5) is 6.44. The van der Waals surface area contributed by atoms with E-state index in [1.54, 1.807) is 11.8 Å². The molecule has 0 aromatic heterocycles. The molecule has 2 aromatic rings. The number of thioether (sulfide) groups is 1. The molecule has 2 saturated heterocycles. The average molecular weight is 522 g/mol. The maximum Gasteiger partial charge on any atom is 0.0890 e. The first-order chi connectivity index (χ1) is 17.5. The van der Waals surface area contributed by atoms with Crippen LogP contribution in [-0.2, 0) is 16.2 Å². The van der Waals surface area contributed by atoms with Crippen molar-refractivity contribution in [2.75, 3.05) is 50.1 Å². The maximum atomic E-state index is 12.7. The fourth-order valence-electron chi connectivity index (χ4n) is 7.17. The Kier molecular flexibility index (Phi) is 8.10. The minimum Gasteiger partial charge on any atom is -0.371 e. The van der Waals surface area contributed by atoms with Crippen molar-refractivity contribution in [3.63, 3.8) is 0 Å². The van der Waals surface area contributed by atoms with Crippen LogP contribution >= 0.6 is 11.8 Å². The van der Waals surface area contributed by atoms with E-state index in [1.807, 2.05) is 12.3 Å². The third-order valence-corrected chi connectivity index (χ3v) is 11.2. The normalized spacial score (nSPS) is 26.2. The molecule has 1 aliphatic carbocycles. The van der Waals surface area contributed by atoms with Gasteiger partial charge in [0.2, 0.25) is 0 Å². The zero-order valence-electron chi connectivity index (χ0n) is 21.6. The SMILES string of the molecule is CSc1ccc(N2CC(CN3CCC(C(C#N)(c4ccccc4)C4CCCC4S(C)=O)CC3)C2)cc1. The molecule has 3 fully saturated rings. The summed E-state index contributed by atoms with van der Waals surface area (Å²) in [5.74, 6) is 1.23. The Morgan fingerprint density at radius 1 is 1.03 bits per heavy atom. The molecular formula is C30H39N3OS2. The van der Waals surface area contributed by atoms with E-state index in [4.69, 9.17) is 0 Å². The predicted molar refractivity (Wildman–Crippen MR) is 152 cm³/mol. The smallest absolute Gasteiger partial charge is 0.0890 e. The summed E-state index contributed by atoms with van der Waals surface area (Å²) in [6.07, 6.45) is 9.15. The predicted octanol–water partition coefficient (Wildman–Crippen LogP) is 5.57. The quantitative estimate of drug-likeness (QED) is 0.425. The van der Waals surface area contributed by atoms with Gasteiger partial charge in [-0.1, -0.05) is 36.8 Å². The van der Waals surface area contributed by atoms with Gasteiger partial charge in [-0.15, -0.1) is 11.8 Å². The lowest BCUT2D eigenvalue weighted by atomic mass is 9.60. The molecule has 2 aromatic carbocycles. The minimum atomic E-state index is -0.894. The van der Waals surface area contributed by atoms with Gasteiger partial charge in [0.05, 0.1) is 11.5 Å². The number of hydrogen-bond donors (Lipinski definition) is 0. The fraction of sp³-hybridized carbons (Fsp3) is 0.567. The van der Waals surface area contributed by atoms with Gasteiger partial charge < -0.3 is 9.80 Å². The molecule has 4 atom stereocenters. The Balaban J connectivity index is 1.23. The highest BCUT2D eigenvalue weighted by atomic mass is 32.2. The van der Waals surface area contributed by atoms with Crippen LogP contribution in [-0.4, -0.2) is 59.6 Å². The van der Waals surface area contributed by atoms with Gasteiger partial charge in [-0.25, -0.2) is 0 Å². The number of anilines is 1. The summed E-state index contributed by atoms with van der Waals surface area (Å²) in [5.41, 5.74) is 1.95. The summed E-state index contributed by atoms with van der Waals surface area (Å²) in [7, 11) is -0.894.